The summed E-state index contributed by atoms with van der Waals surface area (Å²) < 4.78 is 0. The van der Waals surface area contributed by atoms with Gasteiger partial charge < -0.3 is 15.7 Å². The predicted octanol–water partition coefficient (Wildman–Crippen LogP) is 1.97. The van der Waals surface area contributed by atoms with Crippen molar-refractivity contribution in [2.45, 2.75) is 6.92 Å². The normalized spacial score (nSPS) is 10.2. The summed E-state index contributed by atoms with van der Waals surface area (Å²) in [7, 11) is 0. The molecule has 2 rings (SSSR count). The van der Waals surface area contributed by atoms with Crippen LogP contribution in [-0.2, 0) is 0 Å². The van der Waals surface area contributed by atoms with E-state index in [0.717, 1.165) is 5.69 Å². The average molecular weight is 274 g/mol. The molecule has 0 aliphatic heterocycles. The summed E-state index contributed by atoms with van der Waals surface area (Å²) in [5.74, 6) is 0.778. The number of hydrogen-bond acceptors (Lipinski definition) is 5. The van der Waals surface area contributed by atoms with Gasteiger partial charge in [0.1, 0.15) is 10.7 Å². The van der Waals surface area contributed by atoms with E-state index in [1.165, 1.54) is 0 Å². The average Bonchev–Trinajstić information content (AvgIpc) is 2.40. The molecule has 0 spiro atoms. The molecule has 2 aromatic rings. The molecule has 0 saturated heterocycles. The van der Waals surface area contributed by atoms with Crippen molar-refractivity contribution in [2.24, 2.45) is 5.73 Å². The maximum atomic E-state index is 9.57. The lowest BCUT2D eigenvalue weighted by molar-refractivity contribution is 0.475. The van der Waals surface area contributed by atoms with Gasteiger partial charge >= 0.3 is 0 Å². The number of thiocarbonyl (C=S) groups is 1. The summed E-state index contributed by atoms with van der Waals surface area (Å²) in [6.45, 7) is 2.62. The quantitative estimate of drug-likeness (QED) is 0.830. The molecule has 0 unspecified atom stereocenters. The van der Waals surface area contributed by atoms with Crippen LogP contribution in [0.2, 0.25) is 0 Å². The van der Waals surface area contributed by atoms with Crippen LogP contribution in [-0.4, -0.2) is 26.8 Å². The largest absolute Gasteiger partial charge is 0.508 e. The van der Waals surface area contributed by atoms with Gasteiger partial charge in [-0.05, 0) is 25.1 Å². The Balaban J connectivity index is 2.51. The molecular formula is C13H14N4OS. The predicted molar refractivity (Wildman–Crippen MR) is 78.7 cm³/mol. The fourth-order valence-corrected chi connectivity index (χ4v) is 1.99. The van der Waals surface area contributed by atoms with E-state index < -0.39 is 0 Å². The van der Waals surface area contributed by atoms with Gasteiger partial charge in [0.15, 0.2) is 5.82 Å². The van der Waals surface area contributed by atoms with Crippen molar-refractivity contribution in [3.05, 3.63) is 42.1 Å². The zero-order chi connectivity index (χ0) is 13.8. The molecular weight excluding hydrogens is 260 g/mol. The number of nitrogens with two attached hydrogens (primary N) is 1. The van der Waals surface area contributed by atoms with Gasteiger partial charge in [0.2, 0.25) is 0 Å². The van der Waals surface area contributed by atoms with Gasteiger partial charge in [-0.1, -0.05) is 18.3 Å². The number of phenolic OH excluding ortho intramolecular Hbond substituents is 1. The molecule has 0 aliphatic rings. The molecule has 0 radical (unpaired) electrons. The first kappa shape index (κ1) is 13.2. The number of aromatic nitrogens is 2. The van der Waals surface area contributed by atoms with Crippen LogP contribution in [0.15, 0.2) is 36.5 Å². The van der Waals surface area contributed by atoms with Crippen molar-refractivity contribution in [1.29, 1.82) is 0 Å². The van der Waals surface area contributed by atoms with E-state index in [1.54, 1.807) is 30.5 Å². The van der Waals surface area contributed by atoms with Crippen LogP contribution < -0.4 is 10.6 Å². The minimum Gasteiger partial charge on any atom is -0.508 e. The van der Waals surface area contributed by atoms with Crippen molar-refractivity contribution < 1.29 is 5.11 Å². The SMILES string of the molecule is CCN(c1cccc(O)c1)c1nnccc1C(N)=S. The van der Waals surface area contributed by atoms with E-state index in [9.17, 15) is 5.11 Å². The van der Waals surface area contributed by atoms with Gasteiger partial charge in [-0.15, -0.1) is 5.10 Å². The highest BCUT2D eigenvalue weighted by Gasteiger charge is 2.15. The second-order valence-corrected chi connectivity index (χ2v) is 4.34. The molecule has 0 fully saturated rings. The Morgan fingerprint density at radius 1 is 1.42 bits per heavy atom. The molecule has 1 heterocycles. The first-order valence-electron chi connectivity index (χ1n) is 5.81. The number of anilines is 2. The van der Waals surface area contributed by atoms with Gasteiger partial charge in [0, 0.05) is 18.3 Å². The second-order valence-electron chi connectivity index (χ2n) is 3.90. The highest BCUT2D eigenvalue weighted by molar-refractivity contribution is 7.80. The van der Waals surface area contributed by atoms with Crippen molar-refractivity contribution in [3.8, 4) is 5.75 Å². The fraction of sp³-hybridized carbons (Fsp3) is 0.154. The molecule has 19 heavy (non-hydrogen) atoms. The van der Waals surface area contributed by atoms with Crippen molar-refractivity contribution in [2.75, 3.05) is 11.4 Å². The fourth-order valence-electron chi connectivity index (χ4n) is 1.83. The second kappa shape index (κ2) is 5.62. The summed E-state index contributed by atoms with van der Waals surface area (Å²) in [6.07, 6.45) is 1.55. The zero-order valence-corrected chi connectivity index (χ0v) is 11.3. The number of hydrogen-bond donors (Lipinski definition) is 2. The molecule has 1 aromatic heterocycles. The first-order chi connectivity index (χ1) is 9.13. The summed E-state index contributed by atoms with van der Waals surface area (Å²) in [5, 5.41) is 17.5. The number of phenols is 1. The zero-order valence-electron chi connectivity index (χ0n) is 10.4. The maximum Gasteiger partial charge on any atom is 0.165 e. The van der Waals surface area contributed by atoms with Gasteiger partial charge in [-0.25, -0.2) is 0 Å². The smallest absolute Gasteiger partial charge is 0.165 e. The third kappa shape index (κ3) is 2.79. The van der Waals surface area contributed by atoms with Crippen LogP contribution in [0.25, 0.3) is 0 Å². The monoisotopic (exact) mass is 274 g/mol. The number of benzene rings is 1. The van der Waals surface area contributed by atoms with Gasteiger partial charge in [-0.2, -0.15) is 5.10 Å². The lowest BCUT2D eigenvalue weighted by atomic mass is 10.2. The Hall–Kier alpha value is -2.21. The van der Waals surface area contributed by atoms with Crippen LogP contribution in [0.1, 0.15) is 12.5 Å². The van der Waals surface area contributed by atoms with E-state index in [4.69, 9.17) is 18.0 Å². The van der Waals surface area contributed by atoms with Crippen LogP contribution in [0.3, 0.4) is 0 Å². The molecule has 1 aromatic carbocycles. The summed E-state index contributed by atoms with van der Waals surface area (Å²) in [4.78, 5) is 2.16. The Morgan fingerprint density at radius 2 is 2.21 bits per heavy atom. The first-order valence-corrected chi connectivity index (χ1v) is 6.22. The number of aromatic hydroxyl groups is 1. The molecule has 3 N–H and O–H groups in total. The Kier molecular flexibility index (Phi) is 3.91. The van der Waals surface area contributed by atoms with Gasteiger partial charge in [0.05, 0.1) is 11.8 Å². The topological polar surface area (TPSA) is 75.3 Å². The molecule has 5 nitrogen and oxygen atoms in total. The lowest BCUT2D eigenvalue weighted by Crippen LogP contribution is -2.23. The minimum atomic E-state index is 0.191. The third-order valence-corrected chi connectivity index (χ3v) is 2.90. The van der Waals surface area contributed by atoms with Gasteiger partial charge in [-0.3, -0.25) is 0 Å². The van der Waals surface area contributed by atoms with Crippen molar-refractivity contribution in [1.82, 2.24) is 10.2 Å². The van der Waals surface area contributed by atoms with Crippen LogP contribution in [0, 0.1) is 0 Å². The molecule has 0 saturated carbocycles. The van der Waals surface area contributed by atoms with E-state index >= 15 is 0 Å². The Bertz CT molecular complexity index is 603. The summed E-state index contributed by atoms with van der Waals surface area (Å²) in [5.41, 5.74) is 7.17. The summed E-state index contributed by atoms with van der Waals surface area (Å²) in [6, 6.07) is 8.64. The molecule has 98 valence electrons. The van der Waals surface area contributed by atoms with Crippen molar-refractivity contribution in [3.63, 3.8) is 0 Å². The number of rotatable bonds is 4. The van der Waals surface area contributed by atoms with E-state index in [0.29, 0.717) is 17.9 Å². The highest BCUT2D eigenvalue weighted by atomic mass is 32.1. The maximum absolute atomic E-state index is 9.57. The molecule has 0 bridgehead atoms. The van der Waals surface area contributed by atoms with Crippen molar-refractivity contribution >= 4 is 28.7 Å². The Labute approximate surface area is 116 Å². The van der Waals surface area contributed by atoms with Crippen LogP contribution >= 0.6 is 12.2 Å². The standard InChI is InChI=1S/C13H14N4OS/c1-2-17(9-4-3-5-10(18)8-9)13-11(12(14)19)6-7-15-16-13/h3-8,18H,2H2,1H3,(H2,14,19). The molecule has 0 aliphatic carbocycles. The van der Waals surface area contributed by atoms with E-state index in [1.807, 2.05) is 17.9 Å². The molecule has 6 heteroatoms. The molecule has 0 amide bonds. The van der Waals surface area contributed by atoms with Crippen LogP contribution in [0.5, 0.6) is 5.75 Å². The van der Waals surface area contributed by atoms with E-state index in [2.05, 4.69) is 10.2 Å². The van der Waals surface area contributed by atoms with E-state index in [-0.39, 0.29) is 10.7 Å². The Morgan fingerprint density at radius 3 is 2.84 bits per heavy atom. The molecule has 0 atom stereocenters. The number of nitrogens with zero attached hydrogens (tertiary/aromatic N) is 3. The highest BCUT2D eigenvalue weighted by Crippen LogP contribution is 2.28. The minimum absolute atomic E-state index is 0.191. The lowest BCUT2D eigenvalue weighted by Gasteiger charge is -2.23. The third-order valence-electron chi connectivity index (χ3n) is 2.68. The van der Waals surface area contributed by atoms with Crippen LogP contribution in [0.4, 0.5) is 11.5 Å². The summed E-state index contributed by atoms with van der Waals surface area (Å²) >= 11 is 5.03. The van der Waals surface area contributed by atoms with Gasteiger partial charge in [0.25, 0.3) is 0 Å².